The lowest BCUT2D eigenvalue weighted by Crippen LogP contribution is -2.01. The van der Waals surface area contributed by atoms with Crippen molar-refractivity contribution in [3.05, 3.63) is 36.4 Å². The van der Waals surface area contributed by atoms with E-state index < -0.39 is 0 Å². The zero-order valence-electron chi connectivity index (χ0n) is 13.5. The maximum Gasteiger partial charge on any atom is 0.169 e. The Bertz CT molecular complexity index is 622. The van der Waals surface area contributed by atoms with Crippen LogP contribution in [0.5, 0.6) is 23.0 Å². The summed E-state index contributed by atoms with van der Waals surface area (Å²) >= 11 is 0. The summed E-state index contributed by atoms with van der Waals surface area (Å²) in [5.41, 5.74) is 1.83. The number of hydrogen-bond acceptors (Lipinski definition) is 4. The molecule has 2 aromatic carbocycles. The van der Waals surface area contributed by atoms with E-state index >= 15 is 0 Å². The van der Waals surface area contributed by atoms with Crippen molar-refractivity contribution in [2.75, 3.05) is 27.4 Å². The summed E-state index contributed by atoms with van der Waals surface area (Å²) in [6.07, 6.45) is 0. The molecule has 0 N–H and O–H groups in total. The van der Waals surface area contributed by atoms with Crippen LogP contribution in [0.1, 0.15) is 13.8 Å². The smallest absolute Gasteiger partial charge is 0.169 e. The van der Waals surface area contributed by atoms with Gasteiger partial charge in [0.05, 0.1) is 27.4 Å². The molecule has 0 aliphatic carbocycles. The molecule has 0 aliphatic rings. The lowest BCUT2D eigenvalue weighted by Gasteiger charge is -2.18. The zero-order chi connectivity index (χ0) is 15.9. The molecule has 4 nitrogen and oxygen atoms in total. The number of hydrogen-bond donors (Lipinski definition) is 0. The van der Waals surface area contributed by atoms with E-state index in [1.807, 2.05) is 50.2 Å². The third kappa shape index (κ3) is 3.11. The predicted molar refractivity (Wildman–Crippen MR) is 87.3 cm³/mol. The van der Waals surface area contributed by atoms with Gasteiger partial charge in [-0.3, -0.25) is 0 Å². The summed E-state index contributed by atoms with van der Waals surface area (Å²) in [7, 11) is 3.26. The Labute approximate surface area is 131 Å². The topological polar surface area (TPSA) is 36.9 Å². The highest BCUT2D eigenvalue weighted by Crippen LogP contribution is 2.45. The van der Waals surface area contributed by atoms with E-state index in [4.69, 9.17) is 18.9 Å². The number of rotatable bonds is 7. The first kappa shape index (κ1) is 16.0. The van der Waals surface area contributed by atoms with Gasteiger partial charge < -0.3 is 18.9 Å². The van der Waals surface area contributed by atoms with Crippen molar-refractivity contribution in [2.24, 2.45) is 0 Å². The number of ether oxygens (including phenoxy) is 4. The van der Waals surface area contributed by atoms with E-state index in [2.05, 4.69) is 0 Å². The van der Waals surface area contributed by atoms with Crippen molar-refractivity contribution in [1.82, 2.24) is 0 Å². The summed E-state index contributed by atoms with van der Waals surface area (Å²) < 4.78 is 22.4. The van der Waals surface area contributed by atoms with E-state index in [0.29, 0.717) is 24.7 Å². The quantitative estimate of drug-likeness (QED) is 0.769. The summed E-state index contributed by atoms with van der Waals surface area (Å²) in [5, 5.41) is 0. The van der Waals surface area contributed by atoms with Gasteiger partial charge in [-0.1, -0.05) is 24.3 Å². The summed E-state index contributed by atoms with van der Waals surface area (Å²) in [6, 6.07) is 11.6. The van der Waals surface area contributed by atoms with E-state index in [9.17, 15) is 0 Å². The number of methoxy groups -OCH3 is 2. The molecule has 0 saturated heterocycles. The van der Waals surface area contributed by atoms with Gasteiger partial charge in [0.25, 0.3) is 0 Å². The summed E-state index contributed by atoms with van der Waals surface area (Å²) in [4.78, 5) is 0. The summed E-state index contributed by atoms with van der Waals surface area (Å²) in [6.45, 7) is 5.05. The van der Waals surface area contributed by atoms with Gasteiger partial charge >= 0.3 is 0 Å². The molecule has 0 fully saturated rings. The molecule has 2 aromatic rings. The SMILES string of the molecule is CCOc1cccc(-c2cccc(OC)c2OC)c1OCC. The van der Waals surface area contributed by atoms with Crippen LogP contribution in [0.2, 0.25) is 0 Å². The van der Waals surface area contributed by atoms with Crippen LogP contribution in [0.25, 0.3) is 11.1 Å². The number of benzene rings is 2. The Morgan fingerprint density at radius 2 is 1.27 bits per heavy atom. The monoisotopic (exact) mass is 302 g/mol. The molecule has 0 spiro atoms. The van der Waals surface area contributed by atoms with E-state index in [-0.39, 0.29) is 0 Å². The predicted octanol–water partition coefficient (Wildman–Crippen LogP) is 4.17. The van der Waals surface area contributed by atoms with Crippen molar-refractivity contribution in [1.29, 1.82) is 0 Å². The third-order valence-electron chi connectivity index (χ3n) is 3.26. The Morgan fingerprint density at radius 3 is 1.82 bits per heavy atom. The van der Waals surface area contributed by atoms with E-state index in [1.54, 1.807) is 14.2 Å². The molecule has 0 atom stereocenters. The maximum atomic E-state index is 5.83. The number of para-hydroxylation sites is 2. The van der Waals surface area contributed by atoms with Gasteiger partial charge in [-0.15, -0.1) is 0 Å². The minimum absolute atomic E-state index is 0.559. The fourth-order valence-corrected chi connectivity index (χ4v) is 2.39. The fraction of sp³-hybridized carbons (Fsp3) is 0.333. The second kappa shape index (κ2) is 7.59. The molecule has 0 saturated carbocycles. The first-order chi connectivity index (χ1) is 10.8. The van der Waals surface area contributed by atoms with Crippen LogP contribution in [0.3, 0.4) is 0 Å². The van der Waals surface area contributed by atoms with E-state index in [0.717, 1.165) is 22.6 Å². The summed E-state index contributed by atoms with van der Waals surface area (Å²) in [5.74, 6) is 2.81. The average Bonchev–Trinajstić information content (AvgIpc) is 2.56. The maximum absolute atomic E-state index is 5.83. The molecule has 0 amide bonds. The highest BCUT2D eigenvalue weighted by Gasteiger charge is 2.18. The van der Waals surface area contributed by atoms with E-state index in [1.165, 1.54) is 0 Å². The molecule has 0 aliphatic heterocycles. The second-order valence-electron chi connectivity index (χ2n) is 4.54. The first-order valence-corrected chi connectivity index (χ1v) is 7.36. The van der Waals surface area contributed by atoms with Gasteiger partial charge in [0, 0.05) is 11.1 Å². The van der Waals surface area contributed by atoms with Gasteiger partial charge in [0.1, 0.15) is 0 Å². The lowest BCUT2D eigenvalue weighted by atomic mass is 10.0. The Balaban J connectivity index is 2.64. The Morgan fingerprint density at radius 1 is 0.682 bits per heavy atom. The highest BCUT2D eigenvalue weighted by atomic mass is 16.5. The molecule has 22 heavy (non-hydrogen) atoms. The van der Waals surface area contributed by atoms with Crippen LogP contribution in [0.4, 0.5) is 0 Å². The third-order valence-corrected chi connectivity index (χ3v) is 3.26. The van der Waals surface area contributed by atoms with Crippen molar-refractivity contribution in [2.45, 2.75) is 13.8 Å². The zero-order valence-corrected chi connectivity index (χ0v) is 13.5. The molecular formula is C18H22O4. The minimum Gasteiger partial charge on any atom is -0.493 e. The van der Waals surface area contributed by atoms with Gasteiger partial charge in [0.2, 0.25) is 0 Å². The minimum atomic E-state index is 0.559. The van der Waals surface area contributed by atoms with Crippen molar-refractivity contribution in [3.63, 3.8) is 0 Å². The Hall–Kier alpha value is -2.36. The first-order valence-electron chi connectivity index (χ1n) is 7.36. The molecule has 118 valence electrons. The fourth-order valence-electron chi connectivity index (χ4n) is 2.39. The normalized spacial score (nSPS) is 10.2. The van der Waals surface area contributed by atoms with Crippen molar-refractivity contribution >= 4 is 0 Å². The molecule has 0 heterocycles. The lowest BCUT2D eigenvalue weighted by molar-refractivity contribution is 0.288. The van der Waals surface area contributed by atoms with Gasteiger partial charge in [-0.25, -0.2) is 0 Å². The molecule has 0 unspecified atom stereocenters. The van der Waals surface area contributed by atoms with Crippen LogP contribution < -0.4 is 18.9 Å². The van der Waals surface area contributed by atoms with Gasteiger partial charge in [0.15, 0.2) is 23.0 Å². The molecule has 2 rings (SSSR count). The van der Waals surface area contributed by atoms with Gasteiger partial charge in [-0.05, 0) is 26.0 Å². The molecular weight excluding hydrogens is 280 g/mol. The van der Waals surface area contributed by atoms with Crippen molar-refractivity contribution in [3.8, 4) is 34.1 Å². The molecule has 0 aromatic heterocycles. The standard InChI is InChI=1S/C18H22O4/c1-5-21-16-12-8-10-14(18(16)22-6-2)13-9-7-11-15(19-3)17(13)20-4/h7-12H,5-6H2,1-4H3. The highest BCUT2D eigenvalue weighted by molar-refractivity contribution is 5.80. The van der Waals surface area contributed by atoms with Crippen LogP contribution in [-0.4, -0.2) is 27.4 Å². The van der Waals surface area contributed by atoms with Crippen LogP contribution >= 0.6 is 0 Å². The largest absolute Gasteiger partial charge is 0.493 e. The molecule has 4 heteroatoms. The van der Waals surface area contributed by atoms with Crippen LogP contribution in [0.15, 0.2) is 36.4 Å². The van der Waals surface area contributed by atoms with Gasteiger partial charge in [-0.2, -0.15) is 0 Å². The second-order valence-corrected chi connectivity index (χ2v) is 4.54. The average molecular weight is 302 g/mol. The van der Waals surface area contributed by atoms with Crippen LogP contribution in [0, 0.1) is 0 Å². The van der Waals surface area contributed by atoms with Crippen LogP contribution in [-0.2, 0) is 0 Å². The molecule has 0 bridgehead atoms. The molecule has 0 radical (unpaired) electrons. The van der Waals surface area contributed by atoms with Crippen molar-refractivity contribution < 1.29 is 18.9 Å². The Kier molecular flexibility index (Phi) is 5.53.